The van der Waals surface area contributed by atoms with Crippen LogP contribution in [0.25, 0.3) is 25.1 Å². The Morgan fingerprint density at radius 3 is 1.61 bits per heavy atom. The van der Waals surface area contributed by atoms with E-state index in [4.69, 9.17) is 10.2 Å². The molecule has 1 aromatic heterocycles. The maximum Gasteiger partial charge on any atom is 0.187 e. The van der Waals surface area contributed by atoms with Gasteiger partial charge in [0.15, 0.2) is 14.3 Å². The summed E-state index contributed by atoms with van der Waals surface area (Å²) in [6.45, 7) is 4.21. The van der Waals surface area contributed by atoms with Gasteiger partial charge in [0.2, 0.25) is 0 Å². The monoisotopic (exact) mass is 393 g/mol. The first-order valence-electron chi connectivity index (χ1n) is 9.44. The van der Waals surface area contributed by atoms with Crippen molar-refractivity contribution in [1.29, 1.82) is 0 Å². The zero-order valence-corrected chi connectivity index (χ0v) is 17.6. The lowest BCUT2D eigenvalue weighted by molar-refractivity contribution is 0.299. The van der Waals surface area contributed by atoms with Crippen LogP contribution >= 0.6 is 10.5 Å². The third-order valence-electron chi connectivity index (χ3n) is 4.40. The molecule has 28 heavy (non-hydrogen) atoms. The van der Waals surface area contributed by atoms with Gasteiger partial charge in [-0.25, -0.2) is 0 Å². The van der Waals surface area contributed by atoms with Crippen molar-refractivity contribution in [2.75, 3.05) is 13.7 Å². The Hall–Kier alpha value is -2.46. The first kappa shape index (κ1) is 21.8. The van der Waals surface area contributed by atoms with Crippen LogP contribution in [0.1, 0.15) is 19.4 Å². The summed E-state index contributed by atoms with van der Waals surface area (Å²) < 4.78 is 2.83. The molecule has 0 aliphatic carbocycles. The van der Waals surface area contributed by atoms with Crippen LogP contribution in [0, 0.1) is 0 Å². The fraction of sp³-hybridized carbons (Fsp3) is 0.200. The van der Waals surface area contributed by atoms with Crippen molar-refractivity contribution in [2.45, 2.75) is 20.3 Å². The maximum atomic E-state index is 9.06. The number of thiophene rings is 1. The lowest BCUT2D eigenvalue weighted by atomic mass is 10.2. The van der Waals surface area contributed by atoms with Gasteiger partial charge in [0, 0.05) is 35.0 Å². The summed E-state index contributed by atoms with van der Waals surface area (Å²) in [5.74, 6) is 0. The molecule has 2 nitrogen and oxygen atoms in total. The molecule has 4 rings (SSSR count). The van der Waals surface area contributed by atoms with Crippen LogP contribution in [0.15, 0.2) is 84.9 Å². The van der Waals surface area contributed by atoms with Crippen molar-refractivity contribution in [3.8, 4) is 4.90 Å². The molecule has 2 N–H and O–H groups in total. The summed E-state index contributed by atoms with van der Waals surface area (Å²) >= 11 is 0. The van der Waals surface area contributed by atoms with Gasteiger partial charge < -0.3 is 10.2 Å². The summed E-state index contributed by atoms with van der Waals surface area (Å²) in [6, 6.07) is 26.2. The average Bonchev–Trinajstić information content (AvgIpc) is 3.11. The Kier molecular flexibility index (Phi) is 8.89. The summed E-state index contributed by atoms with van der Waals surface area (Å²) in [5, 5.41) is 18.8. The molecular weight excluding hydrogens is 364 g/mol. The van der Waals surface area contributed by atoms with Gasteiger partial charge in [-0.15, -0.1) is 0 Å². The number of aliphatic hydroxyl groups is 2. The van der Waals surface area contributed by atoms with Crippen LogP contribution in [0.5, 0.6) is 0 Å². The number of fused-ring (bicyclic) bond motifs is 3. The molecule has 0 atom stereocenters. The second kappa shape index (κ2) is 11.4. The Bertz CT molecular complexity index is 957. The van der Waals surface area contributed by atoms with Crippen molar-refractivity contribution in [2.24, 2.45) is 0 Å². The zero-order chi connectivity index (χ0) is 20.4. The number of hydrogen-bond acceptors (Lipinski definition) is 2. The molecular formula is C25H29O2S+. The highest BCUT2D eigenvalue weighted by Crippen LogP contribution is 2.47. The normalized spacial score (nSPS) is 10.5. The van der Waals surface area contributed by atoms with E-state index in [0.717, 1.165) is 13.5 Å². The van der Waals surface area contributed by atoms with Crippen molar-refractivity contribution in [1.82, 2.24) is 0 Å². The van der Waals surface area contributed by atoms with Crippen molar-refractivity contribution in [3.05, 3.63) is 90.5 Å². The zero-order valence-electron chi connectivity index (χ0n) is 16.8. The molecule has 0 saturated heterocycles. The quantitative estimate of drug-likeness (QED) is 0.310. The molecule has 3 heteroatoms. The summed E-state index contributed by atoms with van der Waals surface area (Å²) in [7, 11) is 0.985. The minimum atomic E-state index is -0.0153. The molecule has 0 unspecified atom stereocenters. The highest BCUT2D eigenvalue weighted by molar-refractivity contribution is 7.50. The molecule has 0 spiro atoms. The SMILES string of the molecule is C/C=C\C.CO.OCCc1ccc(-[s+]2c3ccccc3c3ccccc32)cc1. The molecule has 0 amide bonds. The maximum absolute atomic E-state index is 9.06. The van der Waals surface area contributed by atoms with E-state index < -0.39 is 0 Å². The Morgan fingerprint density at radius 1 is 0.714 bits per heavy atom. The van der Waals surface area contributed by atoms with Crippen LogP contribution in [0.2, 0.25) is 0 Å². The highest BCUT2D eigenvalue weighted by atomic mass is 32.2. The van der Waals surface area contributed by atoms with Gasteiger partial charge in [-0.1, -0.05) is 48.6 Å². The van der Waals surface area contributed by atoms with Gasteiger partial charge in [-0.3, -0.25) is 0 Å². The smallest absolute Gasteiger partial charge is 0.187 e. The second-order valence-corrected chi connectivity index (χ2v) is 8.05. The van der Waals surface area contributed by atoms with Gasteiger partial charge >= 0.3 is 0 Å². The van der Waals surface area contributed by atoms with Gasteiger partial charge in [0.1, 0.15) is 0 Å². The first-order valence-corrected chi connectivity index (χ1v) is 10.7. The largest absolute Gasteiger partial charge is 0.400 e. The number of rotatable bonds is 3. The Balaban J connectivity index is 0.000000419. The van der Waals surface area contributed by atoms with Crippen molar-refractivity contribution >= 4 is 30.6 Å². The van der Waals surface area contributed by atoms with E-state index in [-0.39, 0.29) is 17.1 Å². The van der Waals surface area contributed by atoms with E-state index in [2.05, 4.69) is 72.8 Å². The Labute approximate surface area is 170 Å². The molecule has 0 aliphatic rings. The summed E-state index contributed by atoms with van der Waals surface area (Å²) in [6.07, 6.45) is 4.72. The number of aliphatic hydroxyl groups excluding tert-OH is 2. The Morgan fingerprint density at radius 2 is 1.18 bits per heavy atom. The van der Waals surface area contributed by atoms with Crippen LogP contribution < -0.4 is 0 Å². The average molecular weight is 394 g/mol. The lowest BCUT2D eigenvalue weighted by Crippen LogP contribution is -1.89. The number of benzene rings is 3. The predicted octanol–water partition coefficient (Wildman–Crippen LogP) is 6.46. The third-order valence-corrected chi connectivity index (χ3v) is 6.73. The number of allylic oxidation sites excluding steroid dienone is 2. The number of hydrogen-bond donors (Lipinski definition) is 2. The molecule has 1 heterocycles. The summed E-state index contributed by atoms with van der Waals surface area (Å²) in [5.41, 5.74) is 1.19. The van der Waals surface area contributed by atoms with Crippen LogP contribution in [0.3, 0.4) is 0 Å². The van der Waals surface area contributed by atoms with Gasteiger partial charge in [0.25, 0.3) is 0 Å². The minimum Gasteiger partial charge on any atom is -0.400 e. The van der Waals surface area contributed by atoms with Crippen molar-refractivity contribution < 1.29 is 10.2 Å². The molecule has 0 fully saturated rings. The molecule has 0 radical (unpaired) electrons. The summed E-state index contributed by atoms with van der Waals surface area (Å²) in [4.78, 5) is 1.35. The minimum absolute atomic E-state index is 0.0153. The van der Waals surface area contributed by atoms with E-state index in [1.807, 2.05) is 26.0 Å². The predicted molar refractivity (Wildman–Crippen MR) is 125 cm³/mol. The first-order chi connectivity index (χ1) is 13.8. The van der Waals surface area contributed by atoms with E-state index in [1.165, 1.54) is 30.6 Å². The molecule has 146 valence electrons. The van der Waals surface area contributed by atoms with E-state index in [1.54, 1.807) is 0 Å². The van der Waals surface area contributed by atoms with Gasteiger partial charge in [-0.2, -0.15) is 0 Å². The van der Waals surface area contributed by atoms with Crippen molar-refractivity contribution in [3.63, 3.8) is 0 Å². The van der Waals surface area contributed by atoms with Crippen LogP contribution in [-0.4, -0.2) is 23.9 Å². The molecule has 0 saturated carbocycles. The van der Waals surface area contributed by atoms with Gasteiger partial charge in [-0.05, 0) is 62.2 Å². The fourth-order valence-corrected chi connectivity index (χ4v) is 5.41. The van der Waals surface area contributed by atoms with Crippen LogP contribution in [0.4, 0.5) is 0 Å². The lowest BCUT2D eigenvalue weighted by Gasteiger charge is -1.98. The second-order valence-electron chi connectivity index (χ2n) is 6.08. The molecule has 0 bridgehead atoms. The topological polar surface area (TPSA) is 40.5 Å². The van der Waals surface area contributed by atoms with Crippen LogP contribution in [-0.2, 0) is 6.42 Å². The highest BCUT2D eigenvalue weighted by Gasteiger charge is 2.22. The van der Waals surface area contributed by atoms with E-state index >= 15 is 0 Å². The van der Waals surface area contributed by atoms with Gasteiger partial charge in [0.05, 0.1) is 0 Å². The van der Waals surface area contributed by atoms with E-state index in [0.29, 0.717) is 0 Å². The third kappa shape index (κ3) is 4.87. The standard InChI is InChI=1S/C20H17OS.C4H8.CH4O/c21-14-13-15-9-11-16(12-10-15)22-19-7-3-1-5-17(19)18-6-2-4-8-20(18)22;1-3-4-2;1-2/h1-12,21H,13-14H2;3-4H,1-2H3;2H,1H3/q+1;;/b;4-3-;. The molecule has 3 aromatic carbocycles. The molecule has 4 aromatic rings. The fourth-order valence-electron chi connectivity index (χ4n) is 3.03. The molecule has 0 aliphatic heterocycles. The van der Waals surface area contributed by atoms with E-state index in [9.17, 15) is 0 Å².